The summed E-state index contributed by atoms with van der Waals surface area (Å²) in [6.07, 6.45) is 0. The highest BCUT2D eigenvalue weighted by molar-refractivity contribution is 5.87. The predicted octanol–water partition coefficient (Wildman–Crippen LogP) is 2.43. The summed E-state index contributed by atoms with van der Waals surface area (Å²) >= 11 is 0. The topological polar surface area (TPSA) is 55.6 Å². The Morgan fingerprint density at radius 2 is 1.95 bits per heavy atom. The lowest BCUT2D eigenvalue weighted by Crippen LogP contribution is -2.45. The van der Waals surface area contributed by atoms with Crippen molar-refractivity contribution in [1.29, 1.82) is 0 Å². The van der Waals surface area contributed by atoms with E-state index in [1.165, 1.54) is 5.56 Å². The van der Waals surface area contributed by atoms with Gasteiger partial charge < -0.3 is 4.74 Å². The summed E-state index contributed by atoms with van der Waals surface area (Å²) in [7, 11) is 3.17. The van der Waals surface area contributed by atoms with Gasteiger partial charge in [0.15, 0.2) is 0 Å². The molecule has 19 heavy (non-hydrogen) atoms. The van der Waals surface area contributed by atoms with Crippen LogP contribution < -0.4 is 10.6 Å². The molecule has 0 radical (unpaired) electrons. The van der Waals surface area contributed by atoms with Gasteiger partial charge in [0.1, 0.15) is 5.75 Å². The molecule has 4 heteroatoms. The van der Waals surface area contributed by atoms with Crippen LogP contribution in [-0.2, 0) is 10.2 Å². The van der Waals surface area contributed by atoms with Crippen molar-refractivity contribution in [2.45, 2.75) is 39.0 Å². The van der Waals surface area contributed by atoms with E-state index in [9.17, 15) is 4.79 Å². The Morgan fingerprint density at radius 3 is 2.37 bits per heavy atom. The molecule has 1 rings (SSSR count). The Morgan fingerprint density at radius 1 is 1.37 bits per heavy atom. The fourth-order valence-corrected chi connectivity index (χ4v) is 2.13. The van der Waals surface area contributed by atoms with Crippen LogP contribution >= 0.6 is 0 Å². The average molecular weight is 264 g/mol. The first-order valence-corrected chi connectivity index (χ1v) is 6.43. The van der Waals surface area contributed by atoms with Gasteiger partial charge in [0.2, 0.25) is 5.91 Å². The number of carbonyl (C=O) groups excluding carboxylic acids is 1. The number of hydrazine groups is 1. The first-order chi connectivity index (χ1) is 8.71. The number of amides is 1. The second kappa shape index (κ2) is 5.61. The normalized spacial score (nSPS) is 11.6. The van der Waals surface area contributed by atoms with E-state index in [4.69, 9.17) is 10.6 Å². The lowest BCUT2D eigenvalue weighted by Gasteiger charge is -2.29. The maximum absolute atomic E-state index is 12.3. The molecule has 4 nitrogen and oxygen atoms in total. The number of nitrogens with zero attached hydrogens (tertiary/aromatic N) is 1. The quantitative estimate of drug-likeness (QED) is 0.516. The minimum atomic E-state index is -0.722. The molecule has 0 aliphatic rings. The zero-order chi connectivity index (χ0) is 14.8. The van der Waals surface area contributed by atoms with E-state index in [1.807, 2.05) is 32.0 Å². The molecule has 0 fully saturated rings. The Labute approximate surface area is 115 Å². The highest BCUT2D eigenvalue weighted by Gasteiger charge is 2.34. The molecule has 0 saturated carbocycles. The van der Waals surface area contributed by atoms with Crippen LogP contribution in [0.25, 0.3) is 0 Å². The van der Waals surface area contributed by atoms with Gasteiger partial charge in [-0.25, -0.2) is 5.84 Å². The van der Waals surface area contributed by atoms with E-state index >= 15 is 0 Å². The third-order valence-corrected chi connectivity index (χ3v) is 3.42. The average Bonchev–Trinajstić information content (AvgIpc) is 2.36. The molecule has 2 N–H and O–H groups in total. The summed E-state index contributed by atoms with van der Waals surface area (Å²) in [5.74, 6) is 6.55. The Kier molecular flexibility index (Phi) is 4.58. The van der Waals surface area contributed by atoms with Crippen molar-refractivity contribution in [3.05, 3.63) is 29.3 Å². The lowest BCUT2D eigenvalue weighted by atomic mass is 9.81. The van der Waals surface area contributed by atoms with Crippen LogP contribution in [-0.4, -0.2) is 25.1 Å². The number of hydrogen-bond donors (Lipinski definition) is 1. The van der Waals surface area contributed by atoms with E-state index in [2.05, 4.69) is 13.8 Å². The SMILES string of the molecule is COc1ccc(C(C)C)cc1C(C)(C)C(=O)N(C)N. The van der Waals surface area contributed by atoms with Crippen LogP contribution in [0.5, 0.6) is 5.75 Å². The van der Waals surface area contributed by atoms with Crippen molar-refractivity contribution in [3.63, 3.8) is 0 Å². The fraction of sp³-hybridized carbons (Fsp3) is 0.533. The molecule has 0 spiro atoms. The van der Waals surface area contributed by atoms with Gasteiger partial charge in [0.05, 0.1) is 12.5 Å². The van der Waals surface area contributed by atoms with E-state index in [0.717, 1.165) is 10.6 Å². The smallest absolute Gasteiger partial charge is 0.246 e. The molecule has 1 aromatic rings. The zero-order valence-corrected chi connectivity index (χ0v) is 12.7. The van der Waals surface area contributed by atoms with E-state index in [-0.39, 0.29) is 5.91 Å². The fourth-order valence-electron chi connectivity index (χ4n) is 2.13. The highest BCUT2D eigenvalue weighted by Crippen LogP contribution is 2.35. The summed E-state index contributed by atoms with van der Waals surface area (Å²) < 4.78 is 5.38. The van der Waals surface area contributed by atoms with Gasteiger partial charge >= 0.3 is 0 Å². The van der Waals surface area contributed by atoms with Crippen molar-refractivity contribution in [1.82, 2.24) is 5.01 Å². The molecule has 0 heterocycles. The second-order valence-electron chi connectivity index (χ2n) is 5.66. The maximum Gasteiger partial charge on any atom is 0.246 e. The molecule has 0 unspecified atom stereocenters. The van der Waals surface area contributed by atoms with E-state index < -0.39 is 5.41 Å². The van der Waals surface area contributed by atoms with Crippen LogP contribution in [0.3, 0.4) is 0 Å². The zero-order valence-electron chi connectivity index (χ0n) is 12.7. The number of benzene rings is 1. The van der Waals surface area contributed by atoms with Gasteiger partial charge in [-0.05, 0) is 31.4 Å². The molecule has 106 valence electrons. The summed E-state index contributed by atoms with van der Waals surface area (Å²) in [5.41, 5.74) is 1.32. The third kappa shape index (κ3) is 3.07. The third-order valence-electron chi connectivity index (χ3n) is 3.42. The van der Waals surface area contributed by atoms with Crippen LogP contribution in [0, 0.1) is 0 Å². The standard InChI is InChI=1S/C15H24N2O2/c1-10(2)11-7-8-13(19-6)12(9-11)15(3,4)14(18)17(5)16/h7-10H,16H2,1-6H3. The summed E-state index contributed by atoms with van der Waals surface area (Å²) in [6.45, 7) is 7.96. The molecule has 0 aromatic heterocycles. The molecule has 0 aliphatic carbocycles. The van der Waals surface area contributed by atoms with Gasteiger partial charge in [0, 0.05) is 12.6 Å². The number of carbonyl (C=O) groups is 1. The molecule has 1 amide bonds. The van der Waals surface area contributed by atoms with Crippen molar-refractivity contribution >= 4 is 5.91 Å². The summed E-state index contributed by atoms with van der Waals surface area (Å²) in [5, 5.41) is 1.13. The Balaban J connectivity index is 3.37. The van der Waals surface area contributed by atoms with Gasteiger partial charge in [-0.1, -0.05) is 26.0 Å². The summed E-state index contributed by atoms with van der Waals surface area (Å²) in [6, 6.07) is 5.97. The first-order valence-electron chi connectivity index (χ1n) is 6.43. The predicted molar refractivity (Wildman–Crippen MR) is 77.1 cm³/mol. The van der Waals surface area contributed by atoms with Crippen LogP contribution in [0.4, 0.5) is 0 Å². The number of hydrogen-bond acceptors (Lipinski definition) is 3. The van der Waals surface area contributed by atoms with Crippen molar-refractivity contribution in [2.24, 2.45) is 5.84 Å². The number of ether oxygens (including phenoxy) is 1. The van der Waals surface area contributed by atoms with Gasteiger partial charge in [-0.15, -0.1) is 0 Å². The van der Waals surface area contributed by atoms with E-state index in [0.29, 0.717) is 11.7 Å². The molecule has 0 bridgehead atoms. The van der Waals surface area contributed by atoms with E-state index in [1.54, 1.807) is 14.2 Å². The molecular weight excluding hydrogens is 240 g/mol. The van der Waals surface area contributed by atoms with Crippen molar-refractivity contribution in [3.8, 4) is 5.75 Å². The van der Waals surface area contributed by atoms with Gasteiger partial charge in [-0.2, -0.15) is 0 Å². The lowest BCUT2D eigenvalue weighted by molar-refractivity contribution is -0.135. The number of nitrogens with two attached hydrogens (primary N) is 1. The van der Waals surface area contributed by atoms with Crippen LogP contribution in [0.15, 0.2) is 18.2 Å². The molecule has 0 atom stereocenters. The number of methoxy groups -OCH3 is 1. The number of likely N-dealkylation sites (N-methyl/N-ethyl adjacent to an activating group) is 1. The van der Waals surface area contributed by atoms with Gasteiger partial charge in [-0.3, -0.25) is 9.80 Å². The van der Waals surface area contributed by atoms with Crippen molar-refractivity contribution in [2.75, 3.05) is 14.2 Å². The Hall–Kier alpha value is -1.55. The first kappa shape index (κ1) is 15.5. The van der Waals surface area contributed by atoms with Gasteiger partial charge in [0.25, 0.3) is 0 Å². The second-order valence-corrected chi connectivity index (χ2v) is 5.66. The molecule has 0 saturated heterocycles. The minimum absolute atomic E-state index is 0.147. The monoisotopic (exact) mass is 264 g/mol. The molecule has 1 aromatic carbocycles. The largest absolute Gasteiger partial charge is 0.496 e. The van der Waals surface area contributed by atoms with Crippen LogP contribution in [0.1, 0.15) is 44.7 Å². The molecular formula is C15H24N2O2. The maximum atomic E-state index is 12.3. The van der Waals surface area contributed by atoms with Crippen LogP contribution in [0.2, 0.25) is 0 Å². The molecule has 0 aliphatic heterocycles. The Bertz CT molecular complexity index is 465. The highest BCUT2D eigenvalue weighted by atomic mass is 16.5. The number of rotatable bonds is 4. The summed E-state index contributed by atoms with van der Waals surface area (Å²) in [4.78, 5) is 12.3. The van der Waals surface area contributed by atoms with Crippen molar-refractivity contribution < 1.29 is 9.53 Å². The minimum Gasteiger partial charge on any atom is -0.496 e.